The van der Waals surface area contributed by atoms with Crippen LogP contribution in [0.2, 0.25) is 0 Å². The highest BCUT2D eigenvalue weighted by Gasteiger charge is 2.36. The van der Waals surface area contributed by atoms with Crippen LogP contribution in [0.4, 0.5) is 0 Å². The molecule has 9 heteroatoms. The van der Waals surface area contributed by atoms with Crippen molar-refractivity contribution in [3.8, 4) is 0 Å². The van der Waals surface area contributed by atoms with E-state index in [9.17, 15) is 18.0 Å². The predicted molar refractivity (Wildman–Crippen MR) is 84.5 cm³/mol. The largest absolute Gasteiger partial charge is 0.349 e. The lowest BCUT2D eigenvalue weighted by Crippen LogP contribution is -2.34. The number of nitrogens with zero attached hydrogens (tertiary/aromatic N) is 2. The van der Waals surface area contributed by atoms with E-state index in [0.29, 0.717) is 24.0 Å². The normalized spacial score (nSPS) is 19.3. The molecule has 1 saturated heterocycles. The first-order chi connectivity index (χ1) is 10.8. The van der Waals surface area contributed by atoms with Gasteiger partial charge in [-0.3, -0.25) is 4.79 Å². The number of imidazole rings is 1. The molecule has 0 spiro atoms. The molecule has 3 rings (SSSR count). The lowest BCUT2D eigenvalue weighted by molar-refractivity contribution is -0.132. The standard InChI is InChI=1S/C14H18N4O4S/c1-17(2)13(19)9-5-6-18(8-9)23(21,22)10-3-4-11-12(7-10)16-14(20)15-11/h3-4,7,9H,5-6,8H2,1-2H3,(H2,15,16,20). The molecule has 2 aromatic rings. The number of rotatable bonds is 3. The summed E-state index contributed by atoms with van der Waals surface area (Å²) in [4.78, 5) is 30.0. The zero-order valence-electron chi connectivity index (χ0n) is 12.9. The smallest absolute Gasteiger partial charge is 0.323 e. The second-order valence-electron chi connectivity index (χ2n) is 5.87. The average Bonchev–Trinajstić information content (AvgIpc) is 3.11. The van der Waals surface area contributed by atoms with E-state index in [2.05, 4.69) is 9.97 Å². The van der Waals surface area contributed by atoms with Gasteiger partial charge >= 0.3 is 5.69 Å². The van der Waals surface area contributed by atoms with Crippen LogP contribution in [0.15, 0.2) is 27.9 Å². The third-order valence-corrected chi connectivity index (χ3v) is 5.93. The molecule has 2 N–H and O–H groups in total. The Morgan fingerprint density at radius 1 is 1.26 bits per heavy atom. The number of amides is 1. The molecule has 1 unspecified atom stereocenters. The fourth-order valence-corrected chi connectivity index (χ4v) is 4.36. The average molecular weight is 338 g/mol. The zero-order valence-corrected chi connectivity index (χ0v) is 13.7. The minimum atomic E-state index is -3.69. The number of nitrogens with one attached hydrogen (secondary N) is 2. The Balaban J connectivity index is 1.88. The SMILES string of the molecule is CN(C)C(=O)C1CCN(S(=O)(=O)c2ccc3[nH]c(=O)[nH]c3c2)C1. The van der Waals surface area contributed by atoms with Gasteiger partial charge in [0.1, 0.15) is 0 Å². The molecular formula is C14H18N4O4S. The van der Waals surface area contributed by atoms with Gasteiger partial charge in [-0.2, -0.15) is 4.31 Å². The summed E-state index contributed by atoms with van der Waals surface area (Å²) in [5, 5.41) is 0. The fraction of sp³-hybridized carbons (Fsp3) is 0.429. The molecule has 1 aliphatic heterocycles. The number of carbonyl (C=O) groups excluding carboxylic acids is 1. The van der Waals surface area contributed by atoms with Crippen LogP contribution in [-0.2, 0) is 14.8 Å². The molecule has 1 aliphatic rings. The van der Waals surface area contributed by atoms with Crippen LogP contribution in [0.1, 0.15) is 6.42 Å². The van der Waals surface area contributed by atoms with Crippen LogP contribution in [0.25, 0.3) is 11.0 Å². The number of hydrogen-bond donors (Lipinski definition) is 2. The number of H-pyrrole nitrogens is 2. The van der Waals surface area contributed by atoms with Gasteiger partial charge in [0, 0.05) is 27.2 Å². The van der Waals surface area contributed by atoms with Crippen LogP contribution in [0.3, 0.4) is 0 Å². The number of benzene rings is 1. The maximum atomic E-state index is 12.7. The van der Waals surface area contributed by atoms with Crippen molar-refractivity contribution in [2.45, 2.75) is 11.3 Å². The first kappa shape index (κ1) is 15.8. The summed E-state index contributed by atoms with van der Waals surface area (Å²) < 4.78 is 26.8. The molecule has 1 aromatic heterocycles. The third kappa shape index (κ3) is 2.77. The molecule has 0 bridgehead atoms. The number of sulfonamides is 1. The van der Waals surface area contributed by atoms with Gasteiger partial charge in [-0.25, -0.2) is 13.2 Å². The maximum absolute atomic E-state index is 12.7. The summed E-state index contributed by atoms with van der Waals surface area (Å²) >= 11 is 0. The molecule has 8 nitrogen and oxygen atoms in total. The molecule has 23 heavy (non-hydrogen) atoms. The third-order valence-electron chi connectivity index (χ3n) is 4.07. The van der Waals surface area contributed by atoms with Crippen molar-refractivity contribution in [3.63, 3.8) is 0 Å². The highest BCUT2D eigenvalue weighted by Crippen LogP contribution is 2.26. The van der Waals surface area contributed by atoms with Crippen molar-refractivity contribution < 1.29 is 13.2 Å². The lowest BCUT2D eigenvalue weighted by Gasteiger charge is -2.18. The van der Waals surface area contributed by atoms with Crippen LogP contribution in [0, 0.1) is 5.92 Å². The topological polar surface area (TPSA) is 106 Å². The minimum Gasteiger partial charge on any atom is -0.349 e. The summed E-state index contributed by atoms with van der Waals surface area (Å²) in [6, 6.07) is 4.45. The van der Waals surface area contributed by atoms with Crippen molar-refractivity contribution in [2.24, 2.45) is 5.92 Å². The van der Waals surface area contributed by atoms with Gasteiger partial charge in [-0.15, -0.1) is 0 Å². The van der Waals surface area contributed by atoms with Crippen LogP contribution in [-0.4, -0.2) is 60.7 Å². The van der Waals surface area contributed by atoms with E-state index < -0.39 is 10.0 Å². The van der Waals surface area contributed by atoms with E-state index in [0.717, 1.165) is 0 Å². The number of aromatic nitrogens is 2. The molecule has 2 heterocycles. The second kappa shape index (κ2) is 5.50. The molecule has 1 fully saturated rings. The van der Waals surface area contributed by atoms with Gasteiger partial charge in [0.05, 0.1) is 21.8 Å². The lowest BCUT2D eigenvalue weighted by atomic mass is 10.1. The summed E-state index contributed by atoms with van der Waals surface area (Å²) in [6.45, 7) is 0.495. The van der Waals surface area contributed by atoms with Crippen molar-refractivity contribution in [2.75, 3.05) is 27.2 Å². The molecule has 0 saturated carbocycles. The molecule has 1 aromatic carbocycles. The van der Waals surface area contributed by atoms with Crippen LogP contribution < -0.4 is 5.69 Å². The summed E-state index contributed by atoms with van der Waals surface area (Å²) in [5.74, 6) is -0.372. The van der Waals surface area contributed by atoms with E-state index in [4.69, 9.17) is 0 Å². The van der Waals surface area contributed by atoms with Gasteiger partial charge in [0.15, 0.2) is 0 Å². The summed E-state index contributed by atoms with van der Waals surface area (Å²) in [6.07, 6.45) is 0.513. The fourth-order valence-electron chi connectivity index (χ4n) is 2.83. The number of aromatic amines is 2. The van der Waals surface area contributed by atoms with E-state index >= 15 is 0 Å². The van der Waals surface area contributed by atoms with Gasteiger partial charge < -0.3 is 14.9 Å². The molecule has 0 radical (unpaired) electrons. The zero-order chi connectivity index (χ0) is 16.8. The van der Waals surface area contributed by atoms with Crippen molar-refractivity contribution >= 4 is 27.0 Å². The Kier molecular flexibility index (Phi) is 3.77. The second-order valence-corrected chi connectivity index (χ2v) is 7.81. The number of hydrogen-bond acceptors (Lipinski definition) is 4. The van der Waals surface area contributed by atoms with Crippen molar-refractivity contribution in [1.82, 2.24) is 19.2 Å². The van der Waals surface area contributed by atoms with Crippen molar-refractivity contribution in [1.29, 1.82) is 0 Å². The monoisotopic (exact) mass is 338 g/mol. The van der Waals surface area contributed by atoms with Gasteiger partial charge in [-0.1, -0.05) is 0 Å². The Hall–Kier alpha value is -2.13. The maximum Gasteiger partial charge on any atom is 0.323 e. The summed E-state index contributed by atoms with van der Waals surface area (Å²) in [5.41, 5.74) is 0.611. The first-order valence-corrected chi connectivity index (χ1v) is 8.66. The van der Waals surface area contributed by atoms with Gasteiger partial charge in [0.25, 0.3) is 0 Å². The first-order valence-electron chi connectivity index (χ1n) is 7.22. The Morgan fingerprint density at radius 2 is 1.96 bits per heavy atom. The number of carbonyl (C=O) groups is 1. The van der Waals surface area contributed by atoms with Crippen LogP contribution >= 0.6 is 0 Å². The quantitative estimate of drug-likeness (QED) is 0.818. The molecule has 1 amide bonds. The molecule has 0 aliphatic carbocycles. The summed E-state index contributed by atoms with van der Waals surface area (Å²) in [7, 11) is -0.362. The van der Waals surface area contributed by atoms with Crippen molar-refractivity contribution in [3.05, 3.63) is 28.7 Å². The van der Waals surface area contributed by atoms with Gasteiger partial charge in [-0.05, 0) is 24.6 Å². The molecule has 1 atom stereocenters. The molecule has 124 valence electrons. The highest BCUT2D eigenvalue weighted by atomic mass is 32.2. The van der Waals surface area contributed by atoms with Crippen LogP contribution in [0.5, 0.6) is 0 Å². The van der Waals surface area contributed by atoms with E-state index in [-0.39, 0.29) is 29.0 Å². The molecular weight excluding hydrogens is 320 g/mol. The van der Waals surface area contributed by atoms with E-state index in [1.807, 2.05) is 0 Å². The Labute approximate surface area is 133 Å². The highest BCUT2D eigenvalue weighted by molar-refractivity contribution is 7.89. The number of fused-ring (bicyclic) bond motifs is 1. The Morgan fingerprint density at radius 3 is 2.65 bits per heavy atom. The van der Waals surface area contributed by atoms with E-state index in [1.165, 1.54) is 21.3 Å². The Bertz CT molecular complexity index is 912. The van der Waals surface area contributed by atoms with E-state index in [1.54, 1.807) is 20.2 Å². The minimum absolute atomic E-state index is 0.0619. The predicted octanol–water partition coefficient (Wildman–Crippen LogP) is -0.0450. The van der Waals surface area contributed by atoms with Gasteiger partial charge in [0.2, 0.25) is 15.9 Å².